The van der Waals surface area contributed by atoms with Crippen molar-refractivity contribution in [1.29, 1.82) is 0 Å². The van der Waals surface area contributed by atoms with Crippen LogP contribution in [0.4, 0.5) is 5.69 Å². The van der Waals surface area contributed by atoms with Gasteiger partial charge >= 0.3 is 0 Å². The van der Waals surface area contributed by atoms with Crippen molar-refractivity contribution in [1.82, 2.24) is 20.3 Å². The number of aryl methyl sites for hydroxylation is 1. The summed E-state index contributed by atoms with van der Waals surface area (Å²) in [5, 5.41) is 10.3. The van der Waals surface area contributed by atoms with Crippen LogP contribution in [0.3, 0.4) is 0 Å². The van der Waals surface area contributed by atoms with E-state index in [1.807, 2.05) is 43.3 Å². The lowest BCUT2D eigenvalue weighted by Crippen LogP contribution is -2.23. The molecule has 0 unspecified atom stereocenters. The predicted octanol–water partition coefficient (Wildman–Crippen LogP) is 0.811. The first-order valence-corrected chi connectivity index (χ1v) is 5.97. The lowest BCUT2D eigenvalue weighted by Gasteiger charge is -2.13. The summed E-state index contributed by atoms with van der Waals surface area (Å²) in [5.41, 5.74) is 2.47. The molecule has 0 fully saturated rings. The van der Waals surface area contributed by atoms with Gasteiger partial charge < -0.3 is 10.2 Å². The van der Waals surface area contributed by atoms with E-state index in [1.165, 1.54) is 4.68 Å². The van der Waals surface area contributed by atoms with Crippen LogP contribution in [-0.2, 0) is 13.6 Å². The molecule has 100 valence electrons. The molecule has 1 heterocycles. The van der Waals surface area contributed by atoms with E-state index in [9.17, 15) is 4.79 Å². The van der Waals surface area contributed by atoms with Crippen LogP contribution in [0.25, 0.3) is 0 Å². The number of nitrogens with zero attached hydrogens (tertiary/aromatic N) is 4. The summed E-state index contributed by atoms with van der Waals surface area (Å²) in [7, 11) is 5.69. The summed E-state index contributed by atoms with van der Waals surface area (Å²) >= 11 is 0. The number of hydrogen-bond donors (Lipinski definition) is 1. The van der Waals surface area contributed by atoms with Gasteiger partial charge in [-0.3, -0.25) is 9.48 Å². The number of rotatable bonds is 4. The molecule has 6 heteroatoms. The Morgan fingerprint density at radius 3 is 2.84 bits per heavy atom. The number of aromatic nitrogens is 3. The van der Waals surface area contributed by atoms with E-state index < -0.39 is 0 Å². The molecule has 0 aliphatic heterocycles. The smallest absolute Gasteiger partial charge is 0.273 e. The topological polar surface area (TPSA) is 63.1 Å². The molecule has 1 aromatic carbocycles. The van der Waals surface area contributed by atoms with Gasteiger partial charge in [0.15, 0.2) is 5.69 Å². The lowest BCUT2D eigenvalue weighted by atomic mass is 10.2. The highest BCUT2D eigenvalue weighted by molar-refractivity contribution is 5.91. The van der Waals surface area contributed by atoms with Gasteiger partial charge in [0.2, 0.25) is 0 Å². The summed E-state index contributed by atoms with van der Waals surface area (Å²) in [5.74, 6) is -0.219. The fourth-order valence-electron chi connectivity index (χ4n) is 1.67. The van der Waals surface area contributed by atoms with E-state index in [-0.39, 0.29) is 5.91 Å². The summed E-state index contributed by atoms with van der Waals surface area (Å²) in [6.45, 7) is 0.469. The maximum absolute atomic E-state index is 11.8. The van der Waals surface area contributed by atoms with E-state index in [0.717, 1.165) is 11.3 Å². The van der Waals surface area contributed by atoms with Gasteiger partial charge in [0.25, 0.3) is 5.91 Å². The zero-order valence-corrected chi connectivity index (χ0v) is 11.3. The van der Waals surface area contributed by atoms with Crippen LogP contribution < -0.4 is 10.2 Å². The number of amides is 1. The average molecular weight is 259 g/mol. The van der Waals surface area contributed by atoms with Gasteiger partial charge in [-0.15, -0.1) is 5.10 Å². The second-order valence-corrected chi connectivity index (χ2v) is 4.52. The summed E-state index contributed by atoms with van der Waals surface area (Å²) < 4.78 is 1.50. The molecule has 0 aliphatic carbocycles. The molecule has 2 aromatic rings. The van der Waals surface area contributed by atoms with Crippen molar-refractivity contribution in [2.24, 2.45) is 7.05 Å². The molecule has 1 amide bonds. The van der Waals surface area contributed by atoms with Crippen LogP contribution in [0.15, 0.2) is 30.5 Å². The Morgan fingerprint density at radius 2 is 2.21 bits per heavy atom. The van der Waals surface area contributed by atoms with Crippen molar-refractivity contribution in [3.8, 4) is 0 Å². The van der Waals surface area contributed by atoms with Gasteiger partial charge in [0, 0.05) is 33.4 Å². The molecule has 0 radical (unpaired) electrons. The minimum Gasteiger partial charge on any atom is -0.378 e. The maximum Gasteiger partial charge on any atom is 0.273 e. The Kier molecular flexibility index (Phi) is 3.79. The standard InChI is InChI=1S/C13H17N5O/c1-17(2)11-6-4-5-10(7-11)8-14-13(19)12-9-18(3)16-15-12/h4-7,9H,8H2,1-3H3,(H,14,19). The van der Waals surface area contributed by atoms with Crippen molar-refractivity contribution >= 4 is 11.6 Å². The highest BCUT2D eigenvalue weighted by Gasteiger charge is 2.09. The van der Waals surface area contributed by atoms with E-state index >= 15 is 0 Å². The van der Waals surface area contributed by atoms with Crippen molar-refractivity contribution in [3.05, 3.63) is 41.7 Å². The van der Waals surface area contributed by atoms with Crippen molar-refractivity contribution in [3.63, 3.8) is 0 Å². The zero-order chi connectivity index (χ0) is 13.8. The quantitative estimate of drug-likeness (QED) is 0.882. The van der Waals surface area contributed by atoms with E-state index in [0.29, 0.717) is 12.2 Å². The molecule has 6 nitrogen and oxygen atoms in total. The fourth-order valence-corrected chi connectivity index (χ4v) is 1.67. The van der Waals surface area contributed by atoms with Gasteiger partial charge in [-0.1, -0.05) is 17.3 Å². The molecule has 0 aliphatic rings. The third-order valence-electron chi connectivity index (χ3n) is 2.72. The van der Waals surface area contributed by atoms with Crippen molar-refractivity contribution in [2.75, 3.05) is 19.0 Å². The molecule has 0 spiro atoms. The molecule has 1 aromatic heterocycles. The van der Waals surface area contributed by atoms with Gasteiger partial charge in [-0.05, 0) is 17.7 Å². The molecule has 0 saturated heterocycles. The monoisotopic (exact) mass is 259 g/mol. The van der Waals surface area contributed by atoms with Gasteiger partial charge in [0.1, 0.15) is 0 Å². The van der Waals surface area contributed by atoms with Crippen LogP contribution in [-0.4, -0.2) is 35.0 Å². The largest absolute Gasteiger partial charge is 0.378 e. The van der Waals surface area contributed by atoms with Crippen molar-refractivity contribution in [2.45, 2.75) is 6.54 Å². The van der Waals surface area contributed by atoms with Gasteiger partial charge in [0.05, 0.1) is 6.20 Å². The second-order valence-electron chi connectivity index (χ2n) is 4.52. The highest BCUT2D eigenvalue weighted by Crippen LogP contribution is 2.13. The Morgan fingerprint density at radius 1 is 1.42 bits per heavy atom. The summed E-state index contributed by atoms with van der Waals surface area (Å²) in [6, 6.07) is 8.01. The molecule has 1 N–H and O–H groups in total. The lowest BCUT2D eigenvalue weighted by molar-refractivity contribution is 0.0946. The summed E-state index contributed by atoms with van der Waals surface area (Å²) in [4.78, 5) is 13.8. The number of anilines is 1. The predicted molar refractivity (Wildman–Crippen MR) is 72.9 cm³/mol. The van der Waals surface area contributed by atoms with Gasteiger partial charge in [-0.2, -0.15) is 0 Å². The molecule has 19 heavy (non-hydrogen) atoms. The maximum atomic E-state index is 11.8. The Labute approximate surface area is 112 Å². The number of hydrogen-bond acceptors (Lipinski definition) is 4. The molecule has 0 saturated carbocycles. The Bertz CT molecular complexity index is 576. The normalized spacial score (nSPS) is 10.3. The van der Waals surface area contributed by atoms with E-state index in [4.69, 9.17) is 0 Å². The van der Waals surface area contributed by atoms with Gasteiger partial charge in [-0.25, -0.2) is 0 Å². The van der Waals surface area contributed by atoms with Crippen LogP contribution in [0.1, 0.15) is 16.1 Å². The molecular formula is C13H17N5O. The first kappa shape index (κ1) is 13.1. The number of benzene rings is 1. The minimum absolute atomic E-state index is 0.219. The first-order valence-electron chi connectivity index (χ1n) is 5.97. The fraction of sp³-hybridized carbons (Fsp3) is 0.308. The van der Waals surface area contributed by atoms with Crippen LogP contribution >= 0.6 is 0 Å². The first-order chi connectivity index (χ1) is 9.06. The zero-order valence-electron chi connectivity index (χ0n) is 11.3. The van der Waals surface area contributed by atoms with Crippen LogP contribution in [0, 0.1) is 0 Å². The summed E-state index contributed by atoms with van der Waals surface area (Å²) in [6.07, 6.45) is 1.59. The Balaban J connectivity index is 1.99. The second kappa shape index (κ2) is 5.51. The van der Waals surface area contributed by atoms with E-state index in [2.05, 4.69) is 15.6 Å². The van der Waals surface area contributed by atoms with E-state index in [1.54, 1.807) is 13.2 Å². The van der Waals surface area contributed by atoms with Crippen LogP contribution in [0.2, 0.25) is 0 Å². The molecule has 0 atom stereocenters. The SMILES string of the molecule is CN(C)c1cccc(CNC(=O)c2cn(C)nn2)c1. The molecular weight excluding hydrogens is 242 g/mol. The minimum atomic E-state index is -0.219. The van der Waals surface area contributed by atoms with Crippen LogP contribution in [0.5, 0.6) is 0 Å². The average Bonchev–Trinajstić information content (AvgIpc) is 2.83. The molecule has 2 rings (SSSR count). The third-order valence-corrected chi connectivity index (χ3v) is 2.72. The van der Waals surface area contributed by atoms with Crippen molar-refractivity contribution < 1.29 is 4.79 Å². The third kappa shape index (κ3) is 3.31. The number of carbonyl (C=O) groups is 1. The Hall–Kier alpha value is -2.37. The number of nitrogens with one attached hydrogen (secondary N) is 1. The number of carbonyl (C=O) groups excluding carboxylic acids is 1. The molecule has 0 bridgehead atoms. The highest BCUT2D eigenvalue weighted by atomic mass is 16.2.